The fourth-order valence-corrected chi connectivity index (χ4v) is 5.18. The standard InChI is InChI=1S/C34H41N5O3/c1-6-7-17-31(40)38(30(24(2)3)22-32(41)42)23-25-18-20-26(21-19-25)28-15-11-12-16-29(28)33-35-37-39(36-33)34(4,5)27-13-9-8-10-14-27/h8-16,18-21,24,30H,6-7,17,22-23H2,1-5H3,(H,41,42). The summed E-state index contributed by atoms with van der Waals surface area (Å²) in [4.78, 5) is 28.2. The molecule has 1 N–H and O–H groups in total. The number of carboxylic acids is 1. The Kier molecular flexibility index (Phi) is 9.88. The molecule has 0 bridgehead atoms. The number of nitrogens with zero attached hydrogens (tertiary/aromatic N) is 5. The Hall–Kier alpha value is -4.33. The maximum absolute atomic E-state index is 13.2. The van der Waals surface area contributed by atoms with E-state index in [1.54, 1.807) is 9.70 Å². The number of hydrogen-bond acceptors (Lipinski definition) is 5. The third-order valence-corrected chi connectivity index (χ3v) is 7.80. The van der Waals surface area contributed by atoms with Gasteiger partial charge >= 0.3 is 5.97 Å². The lowest BCUT2D eigenvalue weighted by atomic mass is 9.95. The molecule has 1 aromatic heterocycles. The highest BCUT2D eigenvalue weighted by molar-refractivity contribution is 5.80. The van der Waals surface area contributed by atoms with E-state index in [-0.39, 0.29) is 24.3 Å². The van der Waals surface area contributed by atoms with E-state index in [1.165, 1.54) is 0 Å². The number of amides is 1. The number of aliphatic carboxylic acids is 1. The zero-order chi connectivity index (χ0) is 30.3. The number of aromatic nitrogens is 4. The molecule has 8 nitrogen and oxygen atoms in total. The summed E-state index contributed by atoms with van der Waals surface area (Å²) < 4.78 is 0. The zero-order valence-corrected chi connectivity index (χ0v) is 25.2. The molecular weight excluding hydrogens is 526 g/mol. The summed E-state index contributed by atoms with van der Waals surface area (Å²) >= 11 is 0. The van der Waals surface area contributed by atoms with Crippen molar-refractivity contribution in [1.29, 1.82) is 0 Å². The molecule has 1 amide bonds. The van der Waals surface area contributed by atoms with Crippen molar-refractivity contribution in [2.24, 2.45) is 5.92 Å². The highest BCUT2D eigenvalue weighted by Gasteiger charge is 2.29. The molecule has 4 aromatic rings. The molecular formula is C34H41N5O3. The van der Waals surface area contributed by atoms with E-state index >= 15 is 0 Å². The second-order valence-corrected chi connectivity index (χ2v) is 11.6. The predicted molar refractivity (Wildman–Crippen MR) is 165 cm³/mol. The molecule has 0 fully saturated rings. The Bertz CT molecular complexity index is 1480. The van der Waals surface area contributed by atoms with Crippen molar-refractivity contribution in [3.05, 3.63) is 90.0 Å². The quantitative estimate of drug-likeness (QED) is 0.190. The van der Waals surface area contributed by atoms with Crippen LogP contribution in [0, 0.1) is 5.92 Å². The summed E-state index contributed by atoms with van der Waals surface area (Å²) in [5.41, 5.74) is 4.40. The van der Waals surface area contributed by atoms with Crippen molar-refractivity contribution in [2.45, 2.75) is 78.4 Å². The van der Waals surface area contributed by atoms with Crippen molar-refractivity contribution in [3.63, 3.8) is 0 Å². The summed E-state index contributed by atoms with van der Waals surface area (Å²) in [6.45, 7) is 10.5. The molecule has 3 aromatic carbocycles. The van der Waals surface area contributed by atoms with Crippen LogP contribution in [0.3, 0.4) is 0 Å². The molecule has 4 rings (SSSR count). The lowest BCUT2D eigenvalue weighted by Crippen LogP contribution is -2.44. The second kappa shape index (κ2) is 13.6. The van der Waals surface area contributed by atoms with Crippen LogP contribution in [0.25, 0.3) is 22.5 Å². The van der Waals surface area contributed by atoms with Gasteiger partial charge in [-0.25, -0.2) is 0 Å². The largest absolute Gasteiger partial charge is 0.481 e. The number of benzene rings is 3. The molecule has 0 spiro atoms. The van der Waals surface area contributed by atoms with E-state index in [2.05, 4.69) is 36.3 Å². The van der Waals surface area contributed by atoms with Crippen LogP contribution >= 0.6 is 0 Å². The van der Waals surface area contributed by atoms with Gasteiger partial charge in [0.05, 0.1) is 6.42 Å². The molecule has 0 aliphatic rings. The Morgan fingerprint density at radius 2 is 1.57 bits per heavy atom. The molecule has 0 saturated heterocycles. The van der Waals surface area contributed by atoms with Crippen LogP contribution in [0.15, 0.2) is 78.9 Å². The topological polar surface area (TPSA) is 101 Å². The van der Waals surface area contributed by atoms with Gasteiger partial charge in [-0.3, -0.25) is 9.59 Å². The number of carboxylic acid groups (broad SMARTS) is 1. The van der Waals surface area contributed by atoms with Crippen LogP contribution < -0.4 is 0 Å². The molecule has 220 valence electrons. The van der Waals surface area contributed by atoms with E-state index in [9.17, 15) is 14.7 Å². The SMILES string of the molecule is CCCCC(=O)N(Cc1ccc(-c2ccccc2-c2nnn(C(C)(C)c3ccccc3)n2)cc1)C(CC(=O)O)C(C)C. The monoisotopic (exact) mass is 567 g/mol. The molecule has 8 heteroatoms. The minimum atomic E-state index is -0.897. The second-order valence-electron chi connectivity index (χ2n) is 11.6. The average molecular weight is 568 g/mol. The van der Waals surface area contributed by atoms with Crippen molar-refractivity contribution < 1.29 is 14.7 Å². The number of carbonyl (C=O) groups is 2. The molecule has 0 radical (unpaired) electrons. The minimum absolute atomic E-state index is 0.00110. The maximum atomic E-state index is 13.2. The van der Waals surface area contributed by atoms with Gasteiger partial charge in [-0.1, -0.05) is 106 Å². The van der Waals surface area contributed by atoms with Crippen LogP contribution in [0.4, 0.5) is 0 Å². The summed E-state index contributed by atoms with van der Waals surface area (Å²) in [6.07, 6.45) is 2.03. The number of rotatable bonds is 13. The van der Waals surface area contributed by atoms with Gasteiger partial charge in [-0.15, -0.1) is 10.2 Å². The summed E-state index contributed by atoms with van der Waals surface area (Å²) in [5.74, 6) is -0.337. The molecule has 0 saturated carbocycles. The number of unbranched alkanes of at least 4 members (excludes halogenated alkanes) is 1. The molecule has 0 aliphatic carbocycles. The van der Waals surface area contributed by atoms with Gasteiger partial charge in [0, 0.05) is 24.6 Å². The van der Waals surface area contributed by atoms with Gasteiger partial charge in [0.25, 0.3) is 0 Å². The molecule has 1 unspecified atom stereocenters. The minimum Gasteiger partial charge on any atom is -0.481 e. The molecule has 1 atom stereocenters. The van der Waals surface area contributed by atoms with Gasteiger partial charge in [-0.05, 0) is 53.7 Å². The van der Waals surface area contributed by atoms with Crippen LogP contribution in [0.5, 0.6) is 0 Å². The smallest absolute Gasteiger partial charge is 0.305 e. The van der Waals surface area contributed by atoms with Crippen LogP contribution in [0.2, 0.25) is 0 Å². The first kappa shape index (κ1) is 30.6. The first-order valence-corrected chi connectivity index (χ1v) is 14.7. The molecule has 0 aliphatic heterocycles. The Labute approximate surface area is 248 Å². The van der Waals surface area contributed by atoms with E-state index in [4.69, 9.17) is 5.10 Å². The van der Waals surface area contributed by atoms with Gasteiger partial charge in [0.2, 0.25) is 11.7 Å². The van der Waals surface area contributed by atoms with Gasteiger partial charge in [0.15, 0.2) is 0 Å². The van der Waals surface area contributed by atoms with Crippen LogP contribution in [-0.4, -0.2) is 48.1 Å². The van der Waals surface area contributed by atoms with Crippen LogP contribution in [-0.2, 0) is 21.7 Å². The van der Waals surface area contributed by atoms with Crippen molar-refractivity contribution in [3.8, 4) is 22.5 Å². The average Bonchev–Trinajstić information content (AvgIpc) is 3.49. The van der Waals surface area contributed by atoms with Crippen molar-refractivity contribution in [1.82, 2.24) is 25.1 Å². The first-order valence-electron chi connectivity index (χ1n) is 14.7. The Morgan fingerprint density at radius 1 is 0.929 bits per heavy atom. The fourth-order valence-electron chi connectivity index (χ4n) is 5.18. The maximum Gasteiger partial charge on any atom is 0.305 e. The van der Waals surface area contributed by atoms with Gasteiger partial charge in [0.1, 0.15) is 5.54 Å². The number of tetrazole rings is 1. The predicted octanol–water partition coefficient (Wildman–Crippen LogP) is 6.81. The Balaban J connectivity index is 1.60. The number of hydrogen-bond donors (Lipinski definition) is 1. The van der Waals surface area contributed by atoms with Gasteiger partial charge in [-0.2, -0.15) is 4.80 Å². The van der Waals surface area contributed by atoms with E-state index in [0.29, 0.717) is 18.8 Å². The van der Waals surface area contributed by atoms with E-state index in [0.717, 1.165) is 40.7 Å². The summed E-state index contributed by atoms with van der Waals surface area (Å²) in [5, 5.41) is 23.1. The summed E-state index contributed by atoms with van der Waals surface area (Å²) in [7, 11) is 0. The molecule has 42 heavy (non-hydrogen) atoms. The number of carbonyl (C=O) groups excluding carboxylic acids is 1. The summed E-state index contributed by atoms with van der Waals surface area (Å²) in [6, 6.07) is 25.8. The fraction of sp³-hybridized carbons (Fsp3) is 0.382. The normalized spacial score (nSPS) is 12.3. The zero-order valence-electron chi connectivity index (χ0n) is 25.2. The highest BCUT2D eigenvalue weighted by atomic mass is 16.4. The van der Waals surface area contributed by atoms with E-state index in [1.807, 2.05) is 87.5 Å². The third-order valence-electron chi connectivity index (χ3n) is 7.80. The lowest BCUT2D eigenvalue weighted by Gasteiger charge is -2.34. The van der Waals surface area contributed by atoms with Crippen molar-refractivity contribution in [2.75, 3.05) is 0 Å². The van der Waals surface area contributed by atoms with E-state index < -0.39 is 11.5 Å². The first-order chi connectivity index (χ1) is 20.1. The van der Waals surface area contributed by atoms with Crippen LogP contribution in [0.1, 0.15) is 71.4 Å². The highest BCUT2D eigenvalue weighted by Crippen LogP contribution is 2.32. The van der Waals surface area contributed by atoms with Gasteiger partial charge < -0.3 is 10.0 Å². The molecule has 1 heterocycles. The third kappa shape index (κ3) is 7.11. The van der Waals surface area contributed by atoms with Crippen molar-refractivity contribution >= 4 is 11.9 Å². The lowest BCUT2D eigenvalue weighted by molar-refractivity contribution is -0.142. The Morgan fingerprint density at radius 3 is 2.19 bits per heavy atom.